The SMILES string of the molecule is C/C=C/C=O.N#CCCCl. The molecule has 0 N–H and O–H groups in total. The second-order valence-electron chi connectivity index (χ2n) is 1.26. The van der Waals surface area contributed by atoms with E-state index < -0.39 is 0 Å². The fraction of sp³-hybridized carbons (Fsp3) is 0.429. The Kier molecular flexibility index (Phi) is 18.7. The Morgan fingerprint density at radius 1 is 1.70 bits per heavy atom. The summed E-state index contributed by atoms with van der Waals surface area (Å²) in [5, 5.41) is 7.73. The summed E-state index contributed by atoms with van der Waals surface area (Å²) in [7, 11) is 0. The largest absolute Gasteiger partial charge is 0.299 e. The summed E-state index contributed by atoms with van der Waals surface area (Å²) in [4.78, 5) is 9.32. The summed E-state index contributed by atoms with van der Waals surface area (Å²) in [5.41, 5.74) is 0. The molecule has 0 atom stereocenters. The van der Waals surface area contributed by atoms with Crippen LogP contribution in [0, 0.1) is 11.3 Å². The van der Waals surface area contributed by atoms with Gasteiger partial charge in [-0.25, -0.2) is 0 Å². The van der Waals surface area contributed by atoms with Crippen LogP contribution in [0.25, 0.3) is 0 Å². The monoisotopic (exact) mass is 159 g/mol. The normalized spacial score (nSPS) is 7.70. The highest BCUT2D eigenvalue weighted by atomic mass is 35.5. The molecule has 10 heavy (non-hydrogen) atoms. The first-order valence-electron chi connectivity index (χ1n) is 2.82. The van der Waals surface area contributed by atoms with Crippen molar-refractivity contribution >= 4 is 17.9 Å². The molecule has 0 unspecified atom stereocenters. The third-order valence-electron chi connectivity index (χ3n) is 0.477. The molecule has 2 nitrogen and oxygen atoms in total. The molecule has 0 fully saturated rings. The van der Waals surface area contributed by atoms with E-state index in [-0.39, 0.29) is 0 Å². The Labute approximate surface area is 66.1 Å². The van der Waals surface area contributed by atoms with Gasteiger partial charge in [0, 0.05) is 12.3 Å². The van der Waals surface area contributed by atoms with Crippen LogP contribution in [0.1, 0.15) is 13.3 Å². The number of hydrogen-bond donors (Lipinski definition) is 0. The maximum atomic E-state index is 9.32. The fourth-order valence-electron chi connectivity index (χ4n) is 0.121. The van der Waals surface area contributed by atoms with Crippen LogP contribution < -0.4 is 0 Å². The number of rotatable bonds is 2. The minimum Gasteiger partial charge on any atom is -0.299 e. The van der Waals surface area contributed by atoms with Crippen molar-refractivity contribution in [2.45, 2.75) is 13.3 Å². The van der Waals surface area contributed by atoms with Crippen molar-refractivity contribution in [3.63, 3.8) is 0 Å². The summed E-state index contributed by atoms with van der Waals surface area (Å²) in [5.74, 6) is 0.455. The van der Waals surface area contributed by atoms with Crippen molar-refractivity contribution in [3.8, 4) is 6.07 Å². The lowest BCUT2D eigenvalue weighted by molar-refractivity contribution is -0.104. The molecule has 0 aliphatic carbocycles. The third kappa shape index (κ3) is 27.1. The van der Waals surface area contributed by atoms with Gasteiger partial charge in [-0.2, -0.15) is 5.26 Å². The second-order valence-corrected chi connectivity index (χ2v) is 1.64. The van der Waals surface area contributed by atoms with Crippen LogP contribution in [-0.2, 0) is 4.79 Å². The number of hydrogen-bond acceptors (Lipinski definition) is 2. The van der Waals surface area contributed by atoms with Crippen LogP contribution in [0.4, 0.5) is 0 Å². The highest BCUT2D eigenvalue weighted by molar-refractivity contribution is 6.17. The number of nitriles is 1. The average molecular weight is 160 g/mol. The van der Waals surface area contributed by atoms with Gasteiger partial charge < -0.3 is 0 Å². The van der Waals surface area contributed by atoms with Crippen LogP contribution in [-0.4, -0.2) is 12.2 Å². The van der Waals surface area contributed by atoms with Gasteiger partial charge in [-0.1, -0.05) is 6.08 Å². The lowest BCUT2D eigenvalue weighted by Gasteiger charge is -1.63. The second kappa shape index (κ2) is 15.7. The molecule has 0 radical (unpaired) electrons. The number of allylic oxidation sites excluding steroid dienone is 2. The van der Waals surface area contributed by atoms with Gasteiger partial charge in [0.05, 0.1) is 6.07 Å². The Hall–Kier alpha value is -0.810. The first-order chi connectivity index (χ1) is 4.83. The standard InChI is InChI=1S/C4H6O.C3H4ClN/c1-2-3-4-5;4-2-1-3-5/h2-4H,1H3;1-2H2/b3-2+;. The molecule has 0 aromatic carbocycles. The van der Waals surface area contributed by atoms with Gasteiger partial charge in [0.15, 0.2) is 0 Å². The maximum Gasteiger partial charge on any atom is 0.142 e. The van der Waals surface area contributed by atoms with Crippen LogP contribution in [0.5, 0.6) is 0 Å². The van der Waals surface area contributed by atoms with E-state index in [2.05, 4.69) is 0 Å². The molecule has 3 heteroatoms. The van der Waals surface area contributed by atoms with Crippen LogP contribution in [0.3, 0.4) is 0 Å². The number of halogens is 1. The highest BCUT2D eigenvalue weighted by Crippen LogP contribution is 1.76. The van der Waals surface area contributed by atoms with E-state index in [4.69, 9.17) is 16.9 Å². The summed E-state index contributed by atoms with van der Waals surface area (Å²) >= 11 is 5.08. The lowest BCUT2D eigenvalue weighted by atomic mass is 10.6. The fourth-order valence-corrected chi connectivity index (χ4v) is 0.205. The highest BCUT2D eigenvalue weighted by Gasteiger charge is 1.67. The van der Waals surface area contributed by atoms with Gasteiger partial charge in [-0.3, -0.25) is 4.79 Å². The molecule has 0 bridgehead atoms. The van der Waals surface area contributed by atoms with Crippen molar-refractivity contribution < 1.29 is 4.79 Å². The Morgan fingerprint density at radius 2 is 2.30 bits per heavy atom. The molecule has 0 spiro atoms. The predicted molar refractivity (Wildman–Crippen MR) is 41.8 cm³/mol. The van der Waals surface area contributed by atoms with Gasteiger partial charge in [-0.05, 0) is 13.0 Å². The average Bonchev–Trinajstić information content (AvgIpc) is 1.93. The quantitative estimate of drug-likeness (QED) is 0.351. The van der Waals surface area contributed by atoms with Crippen molar-refractivity contribution in [1.29, 1.82) is 5.26 Å². The first kappa shape index (κ1) is 11.9. The molecular weight excluding hydrogens is 150 g/mol. The number of carbonyl (C=O) groups is 1. The number of carbonyl (C=O) groups excluding carboxylic acids is 1. The molecule has 0 saturated carbocycles. The van der Waals surface area contributed by atoms with Crippen molar-refractivity contribution in [3.05, 3.63) is 12.2 Å². The molecule has 0 aliphatic heterocycles. The van der Waals surface area contributed by atoms with E-state index in [1.54, 1.807) is 13.0 Å². The minimum atomic E-state index is 0.455. The molecule has 0 saturated heterocycles. The van der Waals surface area contributed by atoms with E-state index in [1.165, 1.54) is 6.08 Å². The molecular formula is C7H10ClNO. The zero-order chi connectivity index (χ0) is 8.24. The smallest absolute Gasteiger partial charge is 0.142 e. The molecule has 0 amide bonds. The summed E-state index contributed by atoms with van der Waals surface area (Å²) < 4.78 is 0. The summed E-state index contributed by atoms with van der Waals surface area (Å²) in [6.45, 7) is 1.80. The van der Waals surface area contributed by atoms with Crippen LogP contribution in [0.15, 0.2) is 12.2 Å². The lowest BCUT2D eigenvalue weighted by Crippen LogP contribution is -1.60. The van der Waals surface area contributed by atoms with Crippen molar-refractivity contribution in [2.75, 3.05) is 5.88 Å². The van der Waals surface area contributed by atoms with E-state index in [0.717, 1.165) is 6.29 Å². The van der Waals surface area contributed by atoms with Gasteiger partial charge in [0.25, 0.3) is 0 Å². The van der Waals surface area contributed by atoms with E-state index >= 15 is 0 Å². The molecule has 0 aromatic heterocycles. The van der Waals surface area contributed by atoms with E-state index in [1.807, 2.05) is 6.07 Å². The molecule has 0 aliphatic rings. The van der Waals surface area contributed by atoms with Crippen LogP contribution in [0.2, 0.25) is 0 Å². The topological polar surface area (TPSA) is 40.9 Å². The van der Waals surface area contributed by atoms with Gasteiger partial charge in [-0.15, -0.1) is 11.6 Å². The summed E-state index contributed by atoms with van der Waals surface area (Å²) in [6.07, 6.45) is 4.34. The zero-order valence-electron chi connectivity index (χ0n) is 5.88. The Morgan fingerprint density at radius 3 is 2.30 bits per heavy atom. The molecule has 0 rings (SSSR count). The minimum absolute atomic E-state index is 0.455. The van der Waals surface area contributed by atoms with Gasteiger partial charge in [0.1, 0.15) is 6.29 Å². The number of alkyl halides is 1. The summed E-state index contributed by atoms with van der Waals surface area (Å²) in [6, 6.07) is 1.89. The van der Waals surface area contributed by atoms with Crippen LogP contribution >= 0.6 is 11.6 Å². The van der Waals surface area contributed by atoms with Crippen molar-refractivity contribution in [1.82, 2.24) is 0 Å². The predicted octanol–water partition coefficient (Wildman–Crippen LogP) is 1.90. The Balaban J connectivity index is 0. The number of aldehydes is 1. The molecule has 0 heterocycles. The van der Waals surface area contributed by atoms with E-state index in [9.17, 15) is 4.79 Å². The van der Waals surface area contributed by atoms with Crippen molar-refractivity contribution in [2.24, 2.45) is 0 Å². The maximum absolute atomic E-state index is 9.32. The van der Waals surface area contributed by atoms with Gasteiger partial charge in [0.2, 0.25) is 0 Å². The zero-order valence-corrected chi connectivity index (χ0v) is 6.64. The van der Waals surface area contributed by atoms with E-state index in [0.29, 0.717) is 12.3 Å². The molecule has 56 valence electrons. The number of nitrogens with zero attached hydrogens (tertiary/aromatic N) is 1. The molecule has 0 aromatic rings. The first-order valence-corrected chi connectivity index (χ1v) is 3.36. The Bertz CT molecular complexity index is 126. The third-order valence-corrected chi connectivity index (χ3v) is 0.666. The van der Waals surface area contributed by atoms with Gasteiger partial charge >= 0.3 is 0 Å².